The van der Waals surface area contributed by atoms with Crippen LogP contribution in [-0.2, 0) is 13.1 Å². The second-order valence-corrected chi connectivity index (χ2v) is 4.79. The van der Waals surface area contributed by atoms with Crippen LogP contribution in [0.25, 0.3) is 0 Å². The average Bonchev–Trinajstić information content (AvgIpc) is 3.02. The minimum atomic E-state index is 0.773. The molecule has 3 nitrogen and oxygen atoms in total. The van der Waals surface area contributed by atoms with Crippen molar-refractivity contribution in [2.45, 2.75) is 64.6 Å². The quantitative estimate of drug-likeness (QED) is 0.684. The Labute approximate surface area is 98.2 Å². The van der Waals surface area contributed by atoms with E-state index in [1.165, 1.54) is 44.2 Å². The second kappa shape index (κ2) is 6.04. The minimum Gasteiger partial charge on any atom is -0.308 e. The van der Waals surface area contributed by atoms with Crippen molar-refractivity contribution in [2.75, 3.05) is 0 Å². The highest BCUT2D eigenvalue weighted by molar-refractivity contribution is 4.99. The monoisotopic (exact) mass is 221 g/mol. The molecule has 0 spiro atoms. The minimum absolute atomic E-state index is 0.773. The first-order valence-corrected chi connectivity index (χ1v) is 6.64. The van der Waals surface area contributed by atoms with Crippen LogP contribution in [0, 0.1) is 0 Å². The van der Waals surface area contributed by atoms with Crippen LogP contribution in [0.2, 0.25) is 0 Å². The van der Waals surface area contributed by atoms with Gasteiger partial charge in [-0.15, -0.1) is 0 Å². The molecule has 1 N–H and O–H groups in total. The molecule has 1 aliphatic rings. The number of aryl methyl sites for hydroxylation is 1. The lowest BCUT2D eigenvalue weighted by Gasteiger charge is -2.01. The van der Waals surface area contributed by atoms with Gasteiger partial charge in [0.2, 0.25) is 0 Å². The van der Waals surface area contributed by atoms with Crippen LogP contribution in [0.3, 0.4) is 0 Å². The van der Waals surface area contributed by atoms with Crippen molar-refractivity contribution in [1.82, 2.24) is 15.1 Å². The number of unbranched alkanes of at least 4 members (excludes halogenated alkanes) is 3. The number of hydrogen-bond acceptors (Lipinski definition) is 2. The van der Waals surface area contributed by atoms with Gasteiger partial charge in [-0.3, -0.25) is 4.68 Å². The molecule has 90 valence electrons. The van der Waals surface area contributed by atoms with Gasteiger partial charge in [-0.2, -0.15) is 5.10 Å². The van der Waals surface area contributed by atoms with E-state index in [9.17, 15) is 0 Å². The molecule has 3 heteroatoms. The predicted molar refractivity (Wildman–Crippen MR) is 66.2 cm³/mol. The van der Waals surface area contributed by atoms with Crippen LogP contribution in [0.4, 0.5) is 0 Å². The van der Waals surface area contributed by atoms with E-state index in [-0.39, 0.29) is 0 Å². The molecular formula is C13H23N3. The number of nitrogens with one attached hydrogen (secondary N) is 1. The zero-order chi connectivity index (χ0) is 11.2. The molecule has 1 aromatic rings. The largest absolute Gasteiger partial charge is 0.308 e. The van der Waals surface area contributed by atoms with E-state index in [0.29, 0.717) is 0 Å². The summed E-state index contributed by atoms with van der Waals surface area (Å²) in [5, 5.41) is 8.05. The Bertz CT molecular complexity index is 302. The van der Waals surface area contributed by atoms with Gasteiger partial charge in [0.05, 0.1) is 5.69 Å². The molecule has 0 bridgehead atoms. The highest BCUT2D eigenvalue weighted by Crippen LogP contribution is 2.18. The predicted octanol–water partition coefficient (Wildman–Crippen LogP) is 2.72. The average molecular weight is 221 g/mol. The van der Waals surface area contributed by atoms with Crippen molar-refractivity contribution in [3.8, 4) is 0 Å². The second-order valence-electron chi connectivity index (χ2n) is 4.79. The first-order valence-electron chi connectivity index (χ1n) is 6.64. The maximum absolute atomic E-state index is 4.56. The van der Waals surface area contributed by atoms with E-state index in [2.05, 4.69) is 34.3 Å². The van der Waals surface area contributed by atoms with Crippen molar-refractivity contribution in [3.05, 3.63) is 18.0 Å². The highest BCUT2D eigenvalue weighted by atomic mass is 15.3. The fourth-order valence-electron chi connectivity index (χ4n) is 1.86. The topological polar surface area (TPSA) is 29.9 Å². The molecule has 1 aromatic heterocycles. The first kappa shape index (κ1) is 11.6. The van der Waals surface area contributed by atoms with Gasteiger partial charge in [0.15, 0.2) is 0 Å². The van der Waals surface area contributed by atoms with Crippen LogP contribution in [0.1, 0.15) is 51.1 Å². The Kier molecular flexibility index (Phi) is 4.40. The van der Waals surface area contributed by atoms with E-state index < -0.39 is 0 Å². The van der Waals surface area contributed by atoms with Crippen LogP contribution < -0.4 is 5.32 Å². The normalized spacial score (nSPS) is 15.6. The lowest BCUT2D eigenvalue weighted by atomic mass is 10.2. The zero-order valence-electron chi connectivity index (χ0n) is 10.3. The van der Waals surface area contributed by atoms with Gasteiger partial charge >= 0.3 is 0 Å². The smallest absolute Gasteiger partial charge is 0.0762 e. The first-order chi connectivity index (χ1) is 7.88. The molecule has 0 aromatic carbocycles. The van der Waals surface area contributed by atoms with Crippen molar-refractivity contribution in [3.63, 3.8) is 0 Å². The van der Waals surface area contributed by atoms with Gasteiger partial charge in [-0.25, -0.2) is 0 Å². The molecular weight excluding hydrogens is 198 g/mol. The van der Waals surface area contributed by atoms with E-state index >= 15 is 0 Å². The fourth-order valence-corrected chi connectivity index (χ4v) is 1.86. The number of hydrogen-bond donors (Lipinski definition) is 1. The summed E-state index contributed by atoms with van der Waals surface area (Å²) in [7, 11) is 0. The Balaban J connectivity index is 1.64. The number of rotatable bonds is 8. The van der Waals surface area contributed by atoms with Crippen molar-refractivity contribution in [1.29, 1.82) is 0 Å². The van der Waals surface area contributed by atoms with Crippen LogP contribution in [0.5, 0.6) is 0 Å². The van der Waals surface area contributed by atoms with Crippen LogP contribution >= 0.6 is 0 Å². The van der Waals surface area contributed by atoms with Gasteiger partial charge in [-0.05, 0) is 25.3 Å². The zero-order valence-corrected chi connectivity index (χ0v) is 10.3. The molecule has 0 unspecified atom stereocenters. The van der Waals surface area contributed by atoms with E-state index in [0.717, 1.165) is 19.1 Å². The summed E-state index contributed by atoms with van der Waals surface area (Å²) in [6, 6.07) is 2.91. The summed E-state index contributed by atoms with van der Waals surface area (Å²) in [6.45, 7) is 4.26. The molecule has 0 aliphatic heterocycles. The van der Waals surface area contributed by atoms with E-state index in [4.69, 9.17) is 0 Å². The van der Waals surface area contributed by atoms with Gasteiger partial charge in [0, 0.05) is 25.3 Å². The van der Waals surface area contributed by atoms with E-state index in [1.807, 2.05) is 0 Å². The summed E-state index contributed by atoms with van der Waals surface area (Å²) in [6.07, 6.45) is 10.0. The molecule has 1 saturated carbocycles. The molecule has 1 fully saturated rings. The van der Waals surface area contributed by atoms with Gasteiger partial charge in [0.1, 0.15) is 0 Å². The van der Waals surface area contributed by atoms with Gasteiger partial charge in [0.25, 0.3) is 0 Å². The van der Waals surface area contributed by atoms with Gasteiger partial charge in [-0.1, -0.05) is 26.2 Å². The maximum atomic E-state index is 4.56. The summed E-state index contributed by atoms with van der Waals surface area (Å²) < 4.78 is 2.08. The van der Waals surface area contributed by atoms with Crippen LogP contribution in [-0.4, -0.2) is 15.8 Å². The third kappa shape index (κ3) is 3.97. The van der Waals surface area contributed by atoms with Gasteiger partial charge < -0.3 is 5.32 Å². The molecule has 0 atom stereocenters. The summed E-state index contributed by atoms with van der Waals surface area (Å²) in [5.74, 6) is 0. The third-order valence-corrected chi connectivity index (χ3v) is 3.09. The van der Waals surface area contributed by atoms with Crippen molar-refractivity contribution in [2.24, 2.45) is 0 Å². The van der Waals surface area contributed by atoms with Crippen LogP contribution in [0.15, 0.2) is 12.3 Å². The maximum Gasteiger partial charge on any atom is 0.0762 e. The standard InChI is InChI=1S/C13H23N3/c1-2-3-4-5-9-16-10-8-13(15-16)11-14-12-6-7-12/h8,10,12,14H,2-7,9,11H2,1H3. The van der Waals surface area contributed by atoms with E-state index in [1.54, 1.807) is 0 Å². The third-order valence-electron chi connectivity index (χ3n) is 3.09. The summed E-state index contributed by atoms with van der Waals surface area (Å²) in [4.78, 5) is 0. The molecule has 16 heavy (non-hydrogen) atoms. The number of nitrogens with zero attached hydrogens (tertiary/aromatic N) is 2. The molecule has 2 rings (SSSR count). The van der Waals surface area contributed by atoms with Crippen molar-refractivity contribution >= 4 is 0 Å². The SMILES string of the molecule is CCCCCCn1ccc(CNC2CC2)n1. The Hall–Kier alpha value is -0.830. The summed E-state index contributed by atoms with van der Waals surface area (Å²) in [5.41, 5.74) is 1.18. The number of aromatic nitrogens is 2. The molecule has 1 heterocycles. The Morgan fingerprint density at radius 2 is 2.25 bits per heavy atom. The fraction of sp³-hybridized carbons (Fsp3) is 0.769. The lowest BCUT2D eigenvalue weighted by Crippen LogP contribution is -2.15. The Morgan fingerprint density at radius 3 is 3.00 bits per heavy atom. The lowest BCUT2D eigenvalue weighted by molar-refractivity contribution is 0.532. The highest BCUT2D eigenvalue weighted by Gasteiger charge is 2.20. The summed E-state index contributed by atoms with van der Waals surface area (Å²) >= 11 is 0. The molecule has 0 radical (unpaired) electrons. The van der Waals surface area contributed by atoms with Crippen molar-refractivity contribution < 1.29 is 0 Å². The molecule has 0 amide bonds. The Morgan fingerprint density at radius 1 is 1.38 bits per heavy atom. The molecule has 0 saturated heterocycles. The molecule has 1 aliphatic carbocycles.